The molecule has 1 amide bonds. The number of carbonyl (C=O) groups excluding carboxylic acids is 1. The standard InChI is InChI=1S/C17H20ClN3OS2/c18-15-14-11-6-2-1-3-7-12(11)24-16(14)20-17(19-15)23-10-13(22)21-8-4-5-9-21/h1-10H2. The lowest BCUT2D eigenvalue weighted by atomic mass is 10.1. The number of hydrogen-bond acceptors (Lipinski definition) is 5. The lowest BCUT2D eigenvalue weighted by Gasteiger charge is -2.14. The maximum absolute atomic E-state index is 12.2. The van der Waals surface area contributed by atoms with Crippen molar-refractivity contribution in [3.05, 3.63) is 15.6 Å². The maximum Gasteiger partial charge on any atom is 0.233 e. The van der Waals surface area contributed by atoms with E-state index >= 15 is 0 Å². The van der Waals surface area contributed by atoms with Gasteiger partial charge in [0.2, 0.25) is 5.91 Å². The van der Waals surface area contributed by atoms with Gasteiger partial charge in [-0.1, -0.05) is 29.8 Å². The third-order valence-corrected chi connectivity index (χ3v) is 7.07. The van der Waals surface area contributed by atoms with Gasteiger partial charge >= 0.3 is 0 Å². The second-order valence-corrected chi connectivity index (χ2v) is 8.80. The summed E-state index contributed by atoms with van der Waals surface area (Å²) in [5.41, 5.74) is 1.36. The summed E-state index contributed by atoms with van der Waals surface area (Å²) in [4.78, 5) is 25.7. The first-order valence-electron chi connectivity index (χ1n) is 8.61. The predicted molar refractivity (Wildman–Crippen MR) is 100 cm³/mol. The minimum absolute atomic E-state index is 0.180. The van der Waals surface area contributed by atoms with Crippen LogP contribution in [0.4, 0.5) is 0 Å². The van der Waals surface area contributed by atoms with Crippen LogP contribution < -0.4 is 0 Å². The van der Waals surface area contributed by atoms with Crippen molar-refractivity contribution >= 4 is 50.8 Å². The third-order valence-electron chi connectivity index (χ3n) is 4.78. The van der Waals surface area contributed by atoms with E-state index in [9.17, 15) is 4.79 Å². The summed E-state index contributed by atoms with van der Waals surface area (Å²) in [6.07, 6.45) is 8.19. The molecular weight excluding hydrogens is 362 g/mol. The molecule has 1 aliphatic carbocycles. The molecule has 1 aliphatic heterocycles. The number of fused-ring (bicyclic) bond motifs is 3. The number of hydrogen-bond donors (Lipinski definition) is 0. The zero-order valence-corrected chi connectivity index (χ0v) is 15.9. The molecule has 0 atom stereocenters. The summed E-state index contributed by atoms with van der Waals surface area (Å²) >= 11 is 9.64. The first-order chi connectivity index (χ1) is 11.7. The monoisotopic (exact) mass is 381 g/mol. The van der Waals surface area contributed by atoms with Gasteiger partial charge in [0.25, 0.3) is 0 Å². The lowest BCUT2D eigenvalue weighted by Crippen LogP contribution is -2.29. The molecule has 128 valence electrons. The molecule has 0 unspecified atom stereocenters. The number of aromatic nitrogens is 2. The Labute approximate surface area is 155 Å². The largest absolute Gasteiger partial charge is 0.342 e. The van der Waals surface area contributed by atoms with Crippen LogP contribution in [0.3, 0.4) is 0 Å². The molecule has 0 saturated carbocycles. The Kier molecular flexibility index (Phi) is 4.97. The lowest BCUT2D eigenvalue weighted by molar-refractivity contribution is -0.127. The quantitative estimate of drug-likeness (QED) is 0.343. The van der Waals surface area contributed by atoms with Gasteiger partial charge in [-0.3, -0.25) is 4.79 Å². The molecule has 0 aromatic carbocycles. The van der Waals surface area contributed by atoms with E-state index in [0.717, 1.165) is 49.0 Å². The summed E-state index contributed by atoms with van der Waals surface area (Å²) in [6.45, 7) is 1.77. The van der Waals surface area contributed by atoms with Crippen molar-refractivity contribution in [2.75, 3.05) is 18.8 Å². The zero-order valence-electron chi connectivity index (χ0n) is 13.5. The normalized spacial score (nSPS) is 18.0. The molecule has 1 fully saturated rings. The van der Waals surface area contributed by atoms with Gasteiger partial charge in [0, 0.05) is 18.0 Å². The van der Waals surface area contributed by atoms with Crippen LogP contribution in [0.25, 0.3) is 10.2 Å². The third kappa shape index (κ3) is 3.28. The van der Waals surface area contributed by atoms with E-state index in [1.807, 2.05) is 4.90 Å². The van der Waals surface area contributed by atoms with Crippen LogP contribution in [0.5, 0.6) is 0 Å². The van der Waals surface area contributed by atoms with Gasteiger partial charge in [0.05, 0.1) is 11.1 Å². The first kappa shape index (κ1) is 16.6. The van der Waals surface area contributed by atoms with E-state index in [0.29, 0.717) is 16.1 Å². The fourth-order valence-electron chi connectivity index (χ4n) is 3.52. The first-order valence-corrected chi connectivity index (χ1v) is 10.8. The SMILES string of the molecule is O=C(CSc1nc(Cl)c2c3c(sc2n1)CCCCC3)N1CCCC1. The highest BCUT2D eigenvalue weighted by Crippen LogP contribution is 2.38. The molecule has 1 saturated heterocycles. The molecule has 2 aromatic heterocycles. The van der Waals surface area contributed by atoms with Crippen LogP contribution in [0, 0.1) is 0 Å². The van der Waals surface area contributed by atoms with Crippen LogP contribution in [0.15, 0.2) is 5.16 Å². The Morgan fingerprint density at radius 1 is 1.12 bits per heavy atom. The van der Waals surface area contributed by atoms with Crippen molar-refractivity contribution in [2.24, 2.45) is 0 Å². The highest BCUT2D eigenvalue weighted by Gasteiger charge is 2.21. The van der Waals surface area contributed by atoms with Crippen LogP contribution in [-0.4, -0.2) is 39.6 Å². The molecule has 0 radical (unpaired) electrons. The van der Waals surface area contributed by atoms with Crippen molar-refractivity contribution in [1.82, 2.24) is 14.9 Å². The topological polar surface area (TPSA) is 46.1 Å². The molecule has 0 bridgehead atoms. The minimum atomic E-state index is 0.180. The Hall–Kier alpha value is -0.850. The average Bonchev–Trinajstić information content (AvgIpc) is 3.16. The molecule has 3 heterocycles. The summed E-state index contributed by atoms with van der Waals surface area (Å²) in [5.74, 6) is 0.576. The summed E-state index contributed by atoms with van der Waals surface area (Å²) < 4.78 is 0. The van der Waals surface area contributed by atoms with Crippen LogP contribution in [-0.2, 0) is 17.6 Å². The van der Waals surface area contributed by atoms with Crippen LogP contribution >= 0.6 is 34.7 Å². The number of rotatable bonds is 3. The van der Waals surface area contributed by atoms with Crippen LogP contribution in [0.1, 0.15) is 42.5 Å². The molecule has 4 rings (SSSR count). The summed E-state index contributed by atoms with van der Waals surface area (Å²) in [6, 6.07) is 0. The van der Waals surface area contributed by atoms with Crippen molar-refractivity contribution in [3.8, 4) is 0 Å². The fraction of sp³-hybridized carbons (Fsp3) is 0.588. The molecule has 0 N–H and O–H groups in total. The van der Waals surface area contributed by atoms with Gasteiger partial charge < -0.3 is 4.90 Å². The second kappa shape index (κ2) is 7.18. The number of aryl methyl sites for hydroxylation is 2. The number of halogens is 1. The number of thiophene rings is 1. The average molecular weight is 382 g/mol. The molecule has 24 heavy (non-hydrogen) atoms. The van der Waals surface area contributed by atoms with E-state index in [1.165, 1.54) is 41.5 Å². The number of likely N-dealkylation sites (tertiary alicyclic amines) is 1. The Balaban J connectivity index is 1.55. The molecular formula is C17H20ClN3OS2. The van der Waals surface area contributed by atoms with Crippen molar-refractivity contribution in [1.29, 1.82) is 0 Å². The number of nitrogens with zero attached hydrogens (tertiary/aromatic N) is 3. The van der Waals surface area contributed by atoms with E-state index in [2.05, 4.69) is 9.97 Å². The van der Waals surface area contributed by atoms with E-state index in [1.54, 1.807) is 11.3 Å². The minimum Gasteiger partial charge on any atom is -0.342 e. The maximum atomic E-state index is 12.2. The number of amides is 1. The van der Waals surface area contributed by atoms with Gasteiger partial charge in [-0.25, -0.2) is 9.97 Å². The van der Waals surface area contributed by atoms with Gasteiger partial charge in [-0.2, -0.15) is 0 Å². The summed E-state index contributed by atoms with van der Waals surface area (Å²) in [5, 5.41) is 2.22. The van der Waals surface area contributed by atoms with Gasteiger partial charge in [-0.15, -0.1) is 11.3 Å². The second-order valence-electron chi connectivity index (χ2n) is 6.42. The Morgan fingerprint density at radius 3 is 2.75 bits per heavy atom. The van der Waals surface area contributed by atoms with Gasteiger partial charge in [0.15, 0.2) is 5.16 Å². The number of thioether (sulfide) groups is 1. The highest BCUT2D eigenvalue weighted by molar-refractivity contribution is 7.99. The fourth-order valence-corrected chi connectivity index (χ4v) is 5.98. The van der Waals surface area contributed by atoms with Gasteiger partial charge in [-0.05, 0) is 44.1 Å². The van der Waals surface area contributed by atoms with E-state index in [4.69, 9.17) is 11.6 Å². The molecule has 4 nitrogen and oxygen atoms in total. The van der Waals surface area contributed by atoms with Crippen LogP contribution in [0.2, 0.25) is 5.15 Å². The predicted octanol–water partition coefficient (Wildman–Crippen LogP) is 4.33. The molecule has 0 spiro atoms. The van der Waals surface area contributed by atoms with E-state index < -0.39 is 0 Å². The zero-order chi connectivity index (χ0) is 16.5. The molecule has 2 aromatic rings. The molecule has 2 aliphatic rings. The van der Waals surface area contributed by atoms with Crippen molar-refractivity contribution in [2.45, 2.75) is 50.1 Å². The smallest absolute Gasteiger partial charge is 0.233 e. The molecule has 7 heteroatoms. The summed E-state index contributed by atoms with van der Waals surface area (Å²) in [7, 11) is 0. The highest BCUT2D eigenvalue weighted by atomic mass is 35.5. The number of carbonyl (C=O) groups is 1. The van der Waals surface area contributed by atoms with Gasteiger partial charge in [0.1, 0.15) is 9.98 Å². The Bertz CT molecular complexity index is 771. The van der Waals surface area contributed by atoms with Crippen molar-refractivity contribution in [3.63, 3.8) is 0 Å². The Morgan fingerprint density at radius 2 is 1.92 bits per heavy atom. The van der Waals surface area contributed by atoms with Crippen molar-refractivity contribution < 1.29 is 4.79 Å². The van der Waals surface area contributed by atoms with E-state index in [-0.39, 0.29) is 5.91 Å².